The Morgan fingerprint density at radius 3 is 1.86 bits per heavy atom. The van der Waals surface area contributed by atoms with E-state index in [9.17, 15) is 3.89 Å². The Morgan fingerprint density at radius 2 is 1.64 bits per heavy atom. The first-order chi connectivity index (χ1) is 6.27. The molecule has 0 atom stereocenters. The van der Waals surface area contributed by atoms with Crippen LogP contribution in [-0.4, -0.2) is 44.1 Å². The lowest BCUT2D eigenvalue weighted by Gasteiger charge is -2.36. The summed E-state index contributed by atoms with van der Waals surface area (Å²) in [6, 6.07) is 0. The molecule has 0 unspecified atom stereocenters. The Kier molecular flexibility index (Phi) is 5.54. The maximum Gasteiger partial charge on any atom is 0.255 e. The normalized spacial score (nSPS) is 20.9. The van der Waals surface area contributed by atoms with E-state index in [2.05, 4.69) is 14.0 Å². The van der Waals surface area contributed by atoms with Gasteiger partial charge in [0.1, 0.15) is 0 Å². The molecule has 1 saturated heterocycles. The standard InChI is InChI=1S/C8H18N.FHO3S/c1-3-9(2)7-5-4-6-8-9;1-5(2,3)4/h3-8H2,1-2H3;(H,2,3,4)/q+1;/p-1. The van der Waals surface area contributed by atoms with Crippen LogP contribution in [0, 0.1) is 0 Å². The summed E-state index contributed by atoms with van der Waals surface area (Å²) in [6.07, 6.45) is 4.36. The molecule has 0 aromatic heterocycles. The van der Waals surface area contributed by atoms with Gasteiger partial charge in [-0.3, -0.25) is 0 Å². The van der Waals surface area contributed by atoms with Crippen molar-refractivity contribution in [3.63, 3.8) is 0 Å². The smallest absolute Gasteiger partial charge is 0.255 e. The fourth-order valence-corrected chi connectivity index (χ4v) is 1.59. The maximum atomic E-state index is 10.1. The first-order valence-electron chi connectivity index (χ1n) is 4.76. The lowest BCUT2D eigenvalue weighted by atomic mass is 10.1. The molecular weight excluding hydrogens is 209 g/mol. The maximum absolute atomic E-state index is 10.1. The van der Waals surface area contributed by atoms with Crippen LogP contribution in [0.15, 0.2) is 0 Å². The minimum Gasteiger partial charge on any atom is -0.722 e. The van der Waals surface area contributed by atoms with E-state index < -0.39 is 10.5 Å². The molecule has 1 heterocycles. The van der Waals surface area contributed by atoms with Gasteiger partial charge in [0.25, 0.3) is 10.5 Å². The van der Waals surface area contributed by atoms with Gasteiger partial charge in [-0.05, 0) is 26.2 Å². The Balaban J connectivity index is 0.000000292. The molecule has 6 heteroatoms. The van der Waals surface area contributed by atoms with Gasteiger partial charge in [-0.25, -0.2) is 8.42 Å². The second kappa shape index (κ2) is 5.63. The van der Waals surface area contributed by atoms with E-state index >= 15 is 0 Å². The number of piperidine rings is 1. The summed E-state index contributed by atoms with van der Waals surface area (Å²) in [5.41, 5.74) is 0. The molecular formula is C8H18FNO3S. The second-order valence-electron chi connectivity index (χ2n) is 3.84. The topological polar surface area (TPSA) is 57.2 Å². The van der Waals surface area contributed by atoms with Crippen molar-refractivity contribution >= 4 is 10.5 Å². The van der Waals surface area contributed by atoms with Gasteiger partial charge in [-0.15, -0.1) is 3.89 Å². The molecule has 1 aliphatic heterocycles. The number of halogens is 1. The van der Waals surface area contributed by atoms with Crippen LogP contribution in [0.1, 0.15) is 26.2 Å². The third-order valence-corrected chi connectivity index (χ3v) is 2.66. The third kappa shape index (κ3) is 8.40. The highest BCUT2D eigenvalue weighted by atomic mass is 32.3. The molecule has 86 valence electrons. The largest absolute Gasteiger partial charge is 0.722 e. The minimum atomic E-state index is -5.42. The number of rotatable bonds is 1. The monoisotopic (exact) mass is 227 g/mol. The van der Waals surface area contributed by atoms with E-state index in [1.807, 2.05) is 0 Å². The van der Waals surface area contributed by atoms with Gasteiger partial charge >= 0.3 is 0 Å². The fraction of sp³-hybridized carbons (Fsp3) is 1.00. The Hall–Kier alpha value is -0.200. The number of likely N-dealkylation sites (tertiary alicyclic amines) is 1. The van der Waals surface area contributed by atoms with Crippen LogP contribution in [0.2, 0.25) is 0 Å². The SMILES string of the molecule is CC[N+]1(C)CCCCC1.O=S(=O)([O-])F. The van der Waals surface area contributed by atoms with Gasteiger partial charge < -0.3 is 9.04 Å². The molecule has 0 N–H and O–H groups in total. The molecule has 0 bridgehead atoms. The van der Waals surface area contributed by atoms with E-state index in [0.717, 1.165) is 0 Å². The number of quaternary nitrogens is 1. The quantitative estimate of drug-likeness (QED) is 0.382. The summed E-state index contributed by atoms with van der Waals surface area (Å²) < 4.78 is 36.7. The van der Waals surface area contributed by atoms with Crippen molar-refractivity contribution in [1.29, 1.82) is 0 Å². The van der Waals surface area contributed by atoms with Crippen molar-refractivity contribution < 1.29 is 21.3 Å². The molecule has 0 amide bonds. The van der Waals surface area contributed by atoms with Gasteiger partial charge in [0.2, 0.25) is 0 Å². The molecule has 4 nitrogen and oxygen atoms in total. The molecule has 0 aliphatic carbocycles. The zero-order valence-electron chi connectivity index (χ0n) is 8.70. The molecule has 1 fully saturated rings. The third-order valence-electron chi connectivity index (χ3n) is 2.66. The average Bonchev–Trinajstić information content (AvgIpc) is 2.03. The van der Waals surface area contributed by atoms with E-state index in [1.54, 1.807) is 0 Å². The molecule has 0 saturated carbocycles. The molecule has 14 heavy (non-hydrogen) atoms. The minimum absolute atomic E-state index is 1.32. The van der Waals surface area contributed by atoms with Crippen LogP contribution in [0.3, 0.4) is 0 Å². The summed E-state index contributed by atoms with van der Waals surface area (Å²) in [7, 11) is -3.04. The van der Waals surface area contributed by atoms with Crippen molar-refractivity contribution in [2.75, 3.05) is 26.7 Å². The van der Waals surface area contributed by atoms with E-state index in [1.165, 1.54) is 43.4 Å². The summed E-state index contributed by atoms with van der Waals surface area (Å²) >= 11 is 0. The predicted octanol–water partition coefficient (Wildman–Crippen LogP) is 1.05. The highest BCUT2D eigenvalue weighted by Crippen LogP contribution is 2.14. The molecule has 0 radical (unpaired) electrons. The van der Waals surface area contributed by atoms with Crippen molar-refractivity contribution in [3.05, 3.63) is 0 Å². The zero-order chi connectivity index (χ0) is 11.2. The number of nitrogens with zero attached hydrogens (tertiary/aromatic N) is 1. The Morgan fingerprint density at radius 1 is 1.29 bits per heavy atom. The van der Waals surface area contributed by atoms with Crippen LogP contribution in [0.25, 0.3) is 0 Å². The highest BCUT2D eigenvalue weighted by molar-refractivity contribution is 7.80. The molecule has 0 aromatic carbocycles. The van der Waals surface area contributed by atoms with Gasteiger partial charge in [-0.2, -0.15) is 0 Å². The molecule has 1 rings (SSSR count). The van der Waals surface area contributed by atoms with Gasteiger partial charge in [-0.1, -0.05) is 0 Å². The average molecular weight is 227 g/mol. The Labute approximate surface area is 85.4 Å². The van der Waals surface area contributed by atoms with Gasteiger partial charge in [0.05, 0.1) is 26.7 Å². The zero-order valence-corrected chi connectivity index (χ0v) is 9.52. The summed E-state index contributed by atoms with van der Waals surface area (Å²) in [5.74, 6) is 0. The van der Waals surface area contributed by atoms with Crippen LogP contribution < -0.4 is 0 Å². The number of hydrogen-bond donors (Lipinski definition) is 0. The molecule has 0 spiro atoms. The van der Waals surface area contributed by atoms with Gasteiger partial charge in [0.15, 0.2) is 0 Å². The van der Waals surface area contributed by atoms with E-state index in [-0.39, 0.29) is 0 Å². The second-order valence-corrected chi connectivity index (χ2v) is 4.62. The van der Waals surface area contributed by atoms with Crippen molar-refractivity contribution in [1.82, 2.24) is 0 Å². The Bertz CT molecular complexity index is 239. The summed E-state index contributed by atoms with van der Waals surface area (Å²) in [5, 5.41) is 0. The highest BCUT2D eigenvalue weighted by Gasteiger charge is 2.21. The van der Waals surface area contributed by atoms with Crippen molar-refractivity contribution in [2.45, 2.75) is 26.2 Å². The van der Waals surface area contributed by atoms with Crippen LogP contribution in [0.4, 0.5) is 3.89 Å². The summed E-state index contributed by atoms with van der Waals surface area (Å²) in [6.45, 7) is 6.44. The lowest BCUT2D eigenvalue weighted by molar-refractivity contribution is -0.912. The molecule has 1 aliphatic rings. The first kappa shape index (κ1) is 13.8. The first-order valence-corrected chi connectivity index (χ1v) is 6.07. The van der Waals surface area contributed by atoms with Crippen LogP contribution in [0.5, 0.6) is 0 Å². The fourth-order valence-electron chi connectivity index (χ4n) is 1.59. The number of hydrogen-bond acceptors (Lipinski definition) is 3. The van der Waals surface area contributed by atoms with Crippen molar-refractivity contribution in [2.24, 2.45) is 0 Å². The lowest BCUT2D eigenvalue weighted by Crippen LogP contribution is -2.47. The van der Waals surface area contributed by atoms with Crippen LogP contribution in [-0.2, 0) is 10.5 Å². The van der Waals surface area contributed by atoms with Crippen molar-refractivity contribution in [3.8, 4) is 0 Å². The van der Waals surface area contributed by atoms with Gasteiger partial charge in [0, 0.05) is 0 Å². The molecule has 0 aromatic rings. The predicted molar refractivity (Wildman–Crippen MR) is 51.1 cm³/mol. The van der Waals surface area contributed by atoms with Crippen LogP contribution >= 0.6 is 0 Å². The van der Waals surface area contributed by atoms with E-state index in [4.69, 9.17) is 13.0 Å². The van der Waals surface area contributed by atoms with E-state index in [0.29, 0.717) is 0 Å². The summed E-state index contributed by atoms with van der Waals surface area (Å²) in [4.78, 5) is 0.